The number of carbonyl (C=O) groups is 1. The molecule has 170 valence electrons. The Hall–Kier alpha value is -3.05. The third-order valence-corrected chi connectivity index (χ3v) is 7.79. The molecule has 11 heteroatoms. The zero-order valence-corrected chi connectivity index (χ0v) is 18.4. The van der Waals surface area contributed by atoms with Crippen molar-refractivity contribution in [3.8, 4) is 0 Å². The topological polar surface area (TPSA) is 146 Å². The number of anilines is 2. The van der Waals surface area contributed by atoms with Crippen molar-refractivity contribution in [1.82, 2.24) is 9.97 Å². The Balaban J connectivity index is 1.57. The Morgan fingerprint density at radius 3 is 2.41 bits per heavy atom. The zero-order valence-electron chi connectivity index (χ0n) is 17.6. The summed E-state index contributed by atoms with van der Waals surface area (Å²) < 4.78 is 30.3. The van der Waals surface area contributed by atoms with E-state index in [0.29, 0.717) is 24.8 Å². The first-order valence-electron chi connectivity index (χ1n) is 10.4. The van der Waals surface area contributed by atoms with Gasteiger partial charge in [0.1, 0.15) is 11.9 Å². The number of carbonyl (C=O) groups excluding carboxylic acids is 1. The number of nitrogens with two attached hydrogens (primary N) is 1. The molecule has 1 aromatic heterocycles. The summed E-state index contributed by atoms with van der Waals surface area (Å²) in [4.78, 5) is 26.8. The first kappa shape index (κ1) is 22.2. The molecule has 2 saturated carbocycles. The molecule has 1 heterocycles. The highest BCUT2D eigenvalue weighted by Gasteiger charge is 2.37. The molecule has 0 spiro atoms. The van der Waals surface area contributed by atoms with Gasteiger partial charge in [0.2, 0.25) is 0 Å². The number of oxime groups is 1. The smallest absolute Gasteiger partial charge is 0.279 e. The van der Waals surface area contributed by atoms with Gasteiger partial charge < -0.3 is 20.6 Å². The summed E-state index contributed by atoms with van der Waals surface area (Å²) in [5.74, 6) is -0.144. The van der Waals surface area contributed by atoms with Gasteiger partial charge in [-0.2, -0.15) is 0 Å². The van der Waals surface area contributed by atoms with Crippen molar-refractivity contribution in [2.24, 2.45) is 5.16 Å². The van der Waals surface area contributed by atoms with E-state index in [1.54, 1.807) is 19.2 Å². The van der Waals surface area contributed by atoms with Crippen molar-refractivity contribution in [2.75, 3.05) is 18.2 Å². The number of amides is 1. The summed E-state index contributed by atoms with van der Waals surface area (Å²) >= 11 is 0. The molecule has 2 aromatic rings. The third kappa shape index (κ3) is 5.05. The lowest BCUT2D eigenvalue weighted by Gasteiger charge is -2.12. The minimum Gasteiger partial charge on any atom is -0.392 e. The Labute approximate surface area is 186 Å². The molecule has 2 fully saturated rings. The third-order valence-electron chi connectivity index (χ3n) is 5.51. The highest BCUT2D eigenvalue weighted by molar-refractivity contribution is 7.92. The van der Waals surface area contributed by atoms with Crippen LogP contribution in [0.4, 0.5) is 11.6 Å². The largest absolute Gasteiger partial charge is 0.392 e. The molecule has 1 amide bonds. The van der Waals surface area contributed by atoms with Gasteiger partial charge in [0.05, 0.1) is 28.6 Å². The van der Waals surface area contributed by atoms with Crippen LogP contribution in [0.25, 0.3) is 0 Å². The number of hydrogen-bond acceptors (Lipinski definition) is 9. The molecule has 0 radical (unpaired) electrons. The lowest BCUT2D eigenvalue weighted by atomic mass is 10.1. The van der Waals surface area contributed by atoms with Crippen LogP contribution in [-0.2, 0) is 24.2 Å². The molecule has 32 heavy (non-hydrogen) atoms. The van der Waals surface area contributed by atoms with Gasteiger partial charge in [0, 0.05) is 19.1 Å². The molecule has 1 aromatic carbocycles. The second kappa shape index (κ2) is 9.21. The first-order valence-corrected chi connectivity index (χ1v) is 11.9. The second-order valence-corrected chi connectivity index (χ2v) is 10.1. The van der Waals surface area contributed by atoms with Crippen LogP contribution >= 0.6 is 0 Å². The van der Waals surface area contributed by atoms with E-state index in [-0.39, 0.29) is 39.7 Å². The lowest BCUT2D eigenvalue weighted by Crippen LogP contribution is -2.25. The van der Waals surface area contributed by atoms with Crippen LogP contribution in [0.1, 0.15) is 37.7 Å². The van der Waals surface area contributed by atoms with E-state index >= 15 is 0 Å². The van der Waals surface area contributed by atoms with E-state index in [9.17, 15) is 13.2 Å². The van der Waals surface area contributed by atoms with Crippen LogP contribution in [0.2, 0.25) is 0 Å². The molecule has 4 rings (SSSR count). The molecule has 2 aliphatic carbocycles. The molecular formula is C21H25N5O5S. The summed E-state index contributed by atoms with van der Waals surface area (Å²) in [6.07, 6.45) is 6.24. The van der Waals surface area contributed by atoms with E-state index in [1.807, 2.05) is 0 Å². The highest BCUT2D eigenvalue weighted by atomic mass is 32.2. The van der Waals surface area contributed by atoms with Crippen LogP contribution in [-0.4, -0.2) is 54.6 Å². The Bertz CT molecular complexity index is 1100. The molecule has 0 aliphatic heterocycles. The molecule has 2 aliphatic rings. The SMILES string of the molecule is CO[C@@H]1CC[C@@H](O/N=C(/C(=O)Nc2cnc(N)cn2)c2ccc(S(=O)(=O)C3CC3)cc2)C1. The van der Waals surface area contributed by atoms with Crippen molar-refractivity contribution in [1.29, 1.82) is 0 Å². The maximum absolute atomic E-state index is 13.0. The fourth-order valence-electron chi connectivity index (χ4n) is 3.51. The zero-order chi connectivity index (χ0) is 22.7. The number of nitrogens with one attached hydrogen (secondary N) is 1. The number of benzene rings is 1. The van der Waals surface area contributed by atoms with Crippen LogP contribution in [0.5, 0.6) is 0 Å². The molecule has 0 bridgehead atoms. The average molecular weight is 460 g/mol. The van der Waals surface area contributed by atoms with Gasteiger partial charge in [-0.3, -0.25) is 4.79 Å². The highest BCUT2D eigenvalue weighted by Crippen LogP contribution is 2.33. The van der Waals surface area contributed by atoms with Crippen molar-refractivity contribution in [3.05, 3.63) is 42.2 Å². The lowest BCUT2D eigenvalue weighted by molar-refractivity contribution is -0.110. The molecule has 0 unspecified atom stereocenters. The summed E-state index contributed by atoms with van der Waals surface area (Å²) in [6.45, 7) is 0. The van der Waals surface area contributed by atoms with E-state index in [4.69, 9.17) is 15.3 Å². The van der Waals surface area contributed by atoms with Crippen LogP contribution in [0, 0.1) is 0 Å². The van der Waals surface area contributed by atoms with Crippen LogP contribution in [0.3, 0.4) is 0 Å². The standard InChI is InChI=1S/C21H25N5O5S/c1-30-14-4-5-15(10-14)31-26-20(21(27)25-19-12-23-18(22)11-24-19)13-2-6-16(7-3-13)32(28,29)17-8-9-17/h2-3,6-7,11-12,14-15,17H,4-5,8-10H2,1H3,(H2,22,23)(H,24,25,27)/b26-20+/t14-,15-/m1/s1. The Kier molecular flexibility index (Phi) is 6.38. The predicted molar refractivity (Wildman–Crippen MR) is 118 cm³/mol. The van der Waals surface area contributed by atoms with Gasteiger partial charge >= 0.3 is 0 Å². The maximum Gasteiger partial charge on any atom is 0.279 e. The van der Waals surface area contributed by atoms with Gasteiger partial charge in [-0.1, -0.05) is 17.3 Å². The van der Waals surface area contributed by atoms with Crippen molar-refractivity contribution in [2.45, 2.75) is 54.5 Å². The summed E-state index contributed by atoms with van der Waals surface area (Å²) in [5, 5.41) is 6.43. The van der Waals surface area contributed by atoms with E-state index < -0.39 is 15.7 Å². The van der Waals surface area contributed by atoms with Crippen molar-refractivity contribution in [3.63, 3.8) is 0 Å². The molecule has 3 N–H and O–H groups in total. The molecule has 2 atom stereocenters. The first-order chi connectivity index (χ1) is 15.4. The van der Waals surface area contributed by atoms with Gasteiger partial charge in [0.25, 0.3) is 5.91 Å². The quantitative estimate of drug-likeness (QED) is 0.450. The van der Waals surface area contributed by atoms with Gasteiger partial charge in [-0.25, -0.2) is 18.4 Å². The summed E-state index contributed by atoms with van der Waals surface area (Å²) in [7, 11) is -1.68. The number of methoxy groups -OCH3 is 1. The van der Waals surface area contributed by atoms with Crippen molar-refractivity contribution < 1.29 is 22.8 Å². The average Bonchev–Trinajstić information content (AvgIpc) is 3.56. The Morgan fingerprint density at radius 2 is 1.81 bits per heavy atom. The number of aromatic nitrogens is 2. The van der Waals surface area contributed by atoms with Gasteiger partial charge in [-0.05, 0) is 37.8 Å². The number of ether oxygens (including phenoxy) is 1. The molecule has 10 nitrogen and oxygen atoms in total. The maximum atomic E-state index is 13.0. The fourth-order valence-corrected chi connectivity index (χ4v) is 5.17. The van der Waals surface area contributed by atoms with Crippen LogP contribution in [0.15, 0.2) is 46.7 Å². The van der Waals surface area contributed by atoms with Gasteiger partial charge in [0.15, 0.2) is 21.4 Å². The monoisotopic (exact) mass is 459 g/mol. The normalized spacial score (nSPS) is 21.3. The number of rotatable bonds is 8. The van der Waals surface area contributed by atoms with E-state index in [1.165, 1.54) is 24.5 Å². The fraction of sp³-hybridized carbons (Fsp3) is 0.429. The van der Waals surface area contributed by atoms with E-state index in [2.05, 4.69) is 20.4 Å². The van der Waals surface area contributed by atoms with E-state index in [0.717, 1.165) is 12.8 Å². The van der Waals surface area contributed by atoms with Crippen molar-refractivity contribution >= 4 is 33.1 Å². The number of sulfone groups is 1. The number of nitrogens with zero attached hydrogens (tertiary/aromatic N) is 3. The predicted octanol–water partition coefficient (Wildman–Crippen LogP) is 1.92. The minimum atomic E-state index is -3.33. The summed E-state index contributed by atoms with van der Waals surface area (Å²) in [6, 6.07) is 6.09. The Morgan fingerprint density at radius 1 is 1.09 bits per heavy atom. The number of nitrogen functional groups attached to an aromatic ring is 1. The molecule has 0 saturated heterocycles. The second-order valence-electron chi connectivity index (χ2n) is 7.89. The number of hydrogen-bond donors (Lipinski definition) is 2. The van der Waals surface area contributed by atoms with Crippen LogP contribution < -0.4 is 11.1 Å². The molecular weight excluding hydrogens is 434 g/mol. The minimum absolute atomic E-state index is 0.000128. The summed E-state index contributed by atoms with van der Waals surface area (Å²) in [5.41, 5.74) is 5.95. The van der Waals surface area contributed by atoms with Gasteiger partial charge in [-0.15, -0.1) is 0 Å².